The molecular formula is C29H27BN6O4. The monoisotopic (exact) mass is 534 g/mol. The summed E-state index contributed by atoms with van der Waals surface area (Å²) in [6.07, 6.45) is 3.31. The van der Waals surface area contributed by atoms with Crippen molar-refractivity contribution in [3.63, 3.8) is 0 Å². The Labute approximate surface area is 231 Å². The van der Waals surface area contributed by atoms with Gasteiger partial charge in [0.15, 0.2) is 0 Å². The summed E-state index contributed by atoms with van der Waals surface area (Å²) >= 11 is 0. The number of hydrogen-bond acceptors (Lipinski definition) is 10. The van der Waals surface area contributed by atoms with Gasteiger partial charge in [0.1, 0.15) is 11.5 Å². The number of benzene rings is 2. The van der Waals surface area contributed by atoms with Crippen LogP contribution in [0, 0.1) is 0 Å². The number of pyridine rings is 2. The molecule has 2 aromatic carbocycles. The van der Waals surface area contributed by atoms with E-state index < -0.39 is 18.8 Å². The van der Waals surface area contributed by atoms with E-state index in [2.05, 4.69) is 30.7 Å². The fraction of sp³-hybridized carbons (Fsp3) is 0.172. The van der Waals surface area contributed by atoms with Crippen molar-refractivity contribution in [2.45, 2.75) is 25.5 Å². The minimum absolute atomic E-state index is 0.139. The van der Waals surface area contributed by atoms with Crippen LogP contribution >= 0.6 is 0 Å². The standard InChI is InChI=1S/C29H27BN6O4/c1-29(2)21-14-19(11-12-22(21)30(38)40-29)33-26-15-24(34-25(17-37)18-8-4-3-5-9-18)20(16-32-26)28-35-27(36-39-28)23-10-6-7-13-31-23/h3-16,25,37-38H,17H2,1-2H3,(H2,32,33,34)/t25-/m1/s1. The third-order valence-corrected chi connectivity index (χ3v) is 6.82. The van der Waals surface area contributed by atoms with E-state index in [1.54, 1.807) is 18.5 Å². The number of rotatable bonds is 8. The Balaban J connectivity index is 1.36. The van der Waals surface area contributed by atoms with E-state index in [1.807, 2.05) is 80.6 Å². The Morgan fingerprint density at radius 2 is 1.82 bits per heavy atom. The Morgan fingerprint density at radius 1 is 1.00 bits per heavy atom. The van der Waals surface area contributed by atoms with Gasteiger partial charge in [-0.15, -0.1) is 0 Å². The van der Waals surface area contributed by atoms with E-state index in [0.717, 1.165) is 22.3 Å². The smallest absolute Gasteiger partial charge is 0.423 e. The predicted molar refractivity (Wildman–Crippen MR) is 152 cm³/mol. The van der Waals surface area contributed by atoms with Crippen LogP contribution in [0.5, 0.6) is 0 Å². The van der Waals surface area contributed by atoms with Crippen LogP contribution in [0.2, 0.25) is 0 Å². The average molecular weight is 534 g/mol. The molecule has 0 unspecified atom stereocenters. The molecule has 0 fully saturated rings. The summed E-state index contributed by atoms with van der Waals surface area (Å²) in [5.74, 6) is 1.17. The minimum Gasteiger partial charge on any atom is -0.423 e. The number of aromatic nitrogens is 4. The summed E-state index contributed by atoms with van der Waals surface area (Å²) in [5, 5.41) is 31.3. The van der Waals surface area contributed by atoms with Gasteiger partial charge in [-0.1, -0.05) is 47.6 Å². The topological polar surface area (TPSA) is 138 Å². The molecule has 3 aromatic heterocycles. The molecule has 6 rings (SSSR count). The van der Waals surface area contributed by atoms with Crippen molar-refractivity contribution in [2.75, 3.05) is 17.2 Å². The predicted octanol–water partition coefficient (Wildman–Crippen LogP) is 4.04. The maximum atomic E-state index is 10.2. The summed E-state index contributed by atoms with van der Waals surface area (Å²) in [5.41, 5.74) is 4.52. The molecule has 11 heteroatoms. The first-order valence-corrected chi connectivity index (χ1v) is 12.9. The molecule has 0 bridgehead atoms. The van der Waals surface area contributed by atoms with Gasteiger partial charge in [0.05, 0.1) is 29.5 Å². The third-order valence-electron chi connectivity index (χ3n) is 6.82. The average Bonchev–Trinajstić information content (AvgIpc) is 3.55. The van der Waals surface area contributed by atoms with Crippen molar-refractivity contribution < 1.29 is 19.3 Å². The molecule has 0 radical (unpaired) electrons. The van der Waals surface area contributed by atoms with Crippen molar-refractivity contribution in [1.29, 1.82) is 0 Å². The second-order valence-electron chi connectivity index (χ2n) is 9.95. The highest BCUT2D eigenvalue weighted by Gasteiger charge is 2.40. The van der Waals surface area contributed by atoms with Gasteiger partial charge in [0, 0.05) is 24.1 Å². The number of aliphatic hydroxyl groups is 1. The maximum absolute atomic E-state index is 10.2. The van der Waals surface area contributed by atoms with Crippen LogP contribution in [0.3, 0.4) is 0 Å². The number of nitrogens with one attached hydrogen (secondary N) is 2. The quantitative estimate of drug-likeness (QED) is 0.216. The molecule has 200 valence electrons. The summed E-state index contributed by atoms with van der Waals surface area (Å²) in [6, 6.07) is 22.2. The van der Waals surface area contributed by atoms with Gasteiger partial charge in [0.2, 0.25) is 5.82 Å². The summed E-state index contributed by atoms with van der Waals surface area (Å²) in [4.78, 5) is 13.5. The molecule has 0 spiro atoms. The second kappa shape index (κ2) is 10.5. The summed E-state index contributed by atoms with van der Waals surface area (Å²) in [7, 11) is -0.953. The largest absolute Gasteiger partial charge is 0.492 e. The molecule has 0 amide bonds. The van der Waals surface area contributed by atoms with Gasteiger partial charge < -0.3 is 29.9 Å². The van der Waals surface area contributed by atoms with Gasteiger partial charge in [-0.2, -0.15) is 4.98 Å². The number of hydrogen-bond donors (Lipinski definition) is 4. The molecule has 0 saturated carbocycles. The number of anilines is 3. The highest BCUT2D eigenvalue weighted by atomic mass is 16.5. The molecule has 0 saturated heterocycles. The van der Waals surface area contributed by atoms with E-state index >= 15 is 0 Å². The Morgan fingerprint density at radius 3 is 2.60 bits per heavy atom. The van der Waals surface area contributed by atoms with Crippen LogP contribution in [0.25, 0.3) is 23.0 Å². The first-order valence-electron chi connectivity index (χ1n) is 12.9. The fourth-order valence-electron chi connectivity index (χ4n) is 4.78. The SMILES string of the molecule is CC1(C)OB(O)c2ccc(Nc3cc(N[C@H](CO)c4ccccc4)c(-c4nc(-c5ccccn5)no4)cn3)cc21. The van der Waals surface area contributed by atoms with E-state index in [4.69, 9.17) is 9.18 Å². The summed E-state index contributed by atoms with van der Waals surface area (Å²) < 4.78 is 11.3. The molecule has 5 aromatic rings. The van der Waals surface area contributed by atoms with Gasteiger partial charge in [-0.05, 0) is 54.7 Å². The van der Waals surface area contributed by atoms with Gasteiger partial charge >= 0.3 is 7.12 Å². The van der Waals surface area contributed by atoms with Crippen molar-refractivity contribution in [2.24, 2.45) is 0 Å². The zero-order valence-electron chi connectivity index (χ0n) is 21.9. The van der Waals surface area contributed by atoms with Crippen LogP contribution in [0.1, 0.15) is 31.0 Å². The van der Waals surface area contributed by atoms with Crippen LogP contribution < -0.4 is 16.1 Å². The lowest BCUT2D eigenvalue weighted by Crippen LogP contribution is -2.28. The highest BCUT2D eigenvalue weighted by molar-refractivity contribution is 6.62. The molecule has 1 aliphatic heterocycles. The molecule has 10 nitrogen and oxygen atoms in total. The van der Waals surface area contributed by atoms with E-state index in [0.29, 0.717) is 28.6 Å². The zero-order chi connectivity index (χ0) is 27.7. The van der Waals surface area contributed by atoms with Crippen molar-refractivity contribution in [3.05, 3.63) is 96.3 Å². The van der Waals surface area contributed by atoms with E-state index in [-0.39, 0.29) is 12.5 Å². The Hall–Kier alpha value is -4.58. The molecule has 0 aliphatic carbocycles. The molecule has 4 heterocycles. The number of fused-ring (bicyclic) bond motifs is 1. The first-order chi connectivity index (χ1) is 19.4. The molecule has 1 atom stereocenters. The van der Waals surface area contributed by atoms with E-state index in [9.17, 15) is 10.1 Å². The molecule has 1 aliphatic rings. The lowest BCUT2D eigenvalue weighted by Gasteiger charge is -2.21. The zero-order valence-corrected chi connectivity index (χ0v) is 21.9. The fourth-order valence-corrected chi connectivity index (χ4v) is 4.78. The number of aliphatic hydroxyl groups excluding tert-OH is 1. The van der Waals surface area contributed by atoms with Gasteiger partial charge in [-0.3, -0.25) is 4.98 Å². The van der Waals surface area contributed by atoms with Gasteiger partial charge in [-0.25, -0.2) is 4.98 Å². The van der Waals surface area contributed by atoms with Gasteiger partial charge in [0.25, 0.3) is 5.89 Å². The third kappa shape index (κ3) is 5.05. The maximum Gasteiger partial charge on any atom is 0.492 e. The Bertz CT molecular complexity index is 1630. The van der Waals surface area contributed by atoms with Crippen molar-refractivity contribution >= 4 is 29.8 Å². The minimum atomic E-state index is -0.953. The molecule has 4 N–H and O–H groups in total. The lowest BCUT2D eigenvalue weighted by atomic mass is 9.78. The van der Waals surface area contributed by atoms with Crippen LogP contribution in [0.4, 0.5) is 17.2 Å². The van der Waals surface area contributed by atoms with Crippen molar-refractivity contribution in [3.8, 4) is 23.0 Å². The second-order valence-corrected chi connectivity index (χ2v) is 9.95. The number of nitrogens with zero attached hydrogens (tertiary/aromatic N) is 4. The van der Waals surface area contributed by atoms with E-state index in [1.165, 1.54) is 0 Å². The highest BCUT2D eigenvalue weighted by Crippen LogP contribution is 2.35. The van der Waals surface area contributed by atoms with Crippen LogP contribution in [-0.4, -0.2) is 44.0 Å². The molecular weight excluding hydrogens is 507 g/mol. The summed E-state index contributed by atoms with van der Waals surface area (Å²) in [6.45, 7) is 3.70. The lowest BCUT2D eigenvalue weighted by molar-refractivity contribution is 0.101. The van der Waals surface area contributed by atoms with Crippen LogP contribution in [0.15, 0.2) is 89.7 Å². The first kappa shape index (κ1) is 25.7. The van der Waals surface area contributed by atoms with Crippen molar-refractivity contribution in [1.82, 2.24) is 20.1 Å². The van der Waals surface area contributed by atoms with Crippen LogP contribution in [-0.2, 0) is 10.3 Å². The normalized spacial score (nSPS) is 14.6. The Kier molecular flexibility index (Phi) is 6.77. The molecule has 40 heavy (non-hydrogen) atoms.